The molecular formula is C25H39NO2. The van der Waals surface area contributed by atoms with E-state index in [2.05, 4.69) is 24.4 Å². The van der Waals surface area contributed by atoms with Crippen molar-refractivity contribution in [1.29, 1.82) is 0 Å². The van der Waals surface area contributed by atoms with E-state index in [0.717, 1.165) is 19.3 Å². The topological polar surface area (TPSA) is 46.2 Å². The third kappa shape index (κ3) is 8.16. The molecule has 1 saturated heterocycles. The summed E-state index contributed by atoms with van der Waals surface area (Å²) >= 11 is 0. The van der Waals surface area contributed by atoms with Crippen LogP contribution in [0, 0.1) is 11.8 Å². The van der Waals surface area contributed by atoms with Gasteiger partial charge in [-0.25, -0.2) is 0 Å². The minimum atomic E-state index is -0.441. The van der Waals surface area contributed by atoms with Crippen molar-refractivity contribution < 1.29 is 9.59 Å². The van der Waals surface area contributed by atoms with E-state index in [-0.39, 0.29) is 17.6 Å². The van der Waals surface area contributed by atoms with Gasteiger partial charge in [-0.1, -0.05) is 101 Å². The maximum absolute atomic E-state index is 12.7. The van der Waals surface area contributed by atoms with Gasteiger partial charge in [-0.05, 0) is 24.3 Å². The van der Waals surface area contributed by atoms with E-state index in [9.17, 15) is 9.59 Å². The summed E-state index contributed by atoms with van der Waals surface area (Å²) < 4.78 is 0. The third-order valence-corrected chi connectivity index (χ3v) is 6.01. The Labute approximate surface area is 171 Å². The summed E-state index contributed by atoms with van der Waals surface area (Å²) in [5.41, 5.74) is 1.21. The lowest BCUT2D eigenvalue weighted by atomic mass is 9.85. The first-order valence-corrected chi connectivity index (χ1v) is 11.6. The average Bonchev–Trinajstić information content (AvgIpc) is 3.07. The number of rotatable bonds is 15. The number of Topliss-reactive ketones (excluding diaryl/α,β-unsaturated/α-hetero) is 1. The highest BCUT2D eigenvalue weighted by molar-refractivity contribution is 6.03. The highest BCUT2D eigenvalue weighted by atomic mass is 16.2. The van der Waals surface area contributed by atoms with Gasteiger partial charge in [-0.3, -0.25) is 9.59 Å². The van der Waals surface area contributed by atoms with Crippen molar-refractivity contribution in [3.63, 3.8) is 0 Å². The predicted octanol–water partition coefficient (Wildman–Crippen LogP) is 5.86. The van der Waals surface area contributed by atoms with E-state index in [1.165, 1.54) is 63.4 Å². The largest absolute Gasteiger partial charge is 0.355 e. The van der Waals surface area contributed by atoms with Crippen molar-refractivity contribution in [2.45, 2.75) is 90.4 Å². The van der Waals surface area contributed by atoms with Crippen molar-refractivity contribution in [2.24, 2.45) is 11.8 Å². The lowest BCUT2D eigenvalue weighted by molar-refractivity contribution is -0.133. The predicted molar refractivity (Wildman–Crippen MR) is 116 cm³/mol. The van der Waals surface area contributed by atoms with Gasteiger partial charge < -0.3 is 5.32 Å². The average molecular weight is 386 g/mol. The van der Waals surface area contributed by atoms with Gasteiger partial charge in [0, 0.05) is 13.0 Å². The first-order chi connectivity index (χ1) is 13.7. The Bertz CT molecular complexity index is 569. The Balaban J connectivity index is 1.58. The van der Waals surface area contributed by atoms with Crippen LogP contribution in [0.5, 0.6) is 0 Å². The SMILES string of the molecule is CCCCCCCCCCCCCC(=O)[C@@H]1C(=O)NCC1Cc1ccccc1. The van der Waals surface area contributed by atoms with Crippen LogP contribution >= 0.6 is 0 Å². The maximum atomic E-state index is 12.7. The number of carbonyl (C=O) groups excluding carboxylic acids is 2. The molecular weight excluding hydrogens is 346 g/mol. The Morgan fingerprint density at radius 3 is 2.07 bits per heavy atom. The second-order valence-corrected chi connectivity index (χ2v) is 8.42. The van der Waals surface area contributed by atoms with Crippen LogP contribution in [0.1, 0.15) is 89.5 Å². The molecule has 2 rings (SSSR count). The van der Waals surface area contributed by atoms with E-state index in [4.69, 9.17) is 0 Å². The van der Waals surface area contributed by atoms with Crippen LogP contribution in [0.3, 0.4) is 0 Å². The highest BCUT2D eigenvalue weighted by Gasteiger charge is 2.39. The quantitative estimate of drug-likeness (QED) is 0.303. The number of nitrogens with one attached hydrogen (secondary N) is 1. The third-order valence-electron chi connectivity index (χ3n) is 6.01. The van der Waals surface area contributed by atoms with Gasteiger partial charge in [0.1, 0.15) is 11.7 Å². The summed E-state index contributed by atoms with van der Waals surface area (Å²) in [6.45, 7) is 2.88. The number of hydrogen-bond donors (Lipinski definition) is 1. The van der Waals surface area contributed by atoms with Crippen LogP contribution in [0.4, 0.5) is 0 Å². The summed E-state index contributed by atoms with van der Waals surface area (Å²) in [6, 6.07) is 10.2. The molecule has 0 radical (unpaired) electrons. The molecule has 0 bridgehead atoms. The smallest absolute Gasteiger partial charge is 0.230 e. The van der Waals surface area contributed by atoms with E-state index in [1.54, 1.807) is 0 Å². The standard InChI is InChI=1S/C25H39NO2/c1-2-3-4-5-6-7-8-9-10-11-15-18-23(27)24-22(20-26-25(24)28)19-21-16-13-12-14-17-21/h12-14,16-17,22,24H,2-11,15,18-20H2,1H3,(H,26,28)/t22?,24-/m1/s1. The van der Waals surface area contributed by atoms with Gasteiger partial charge >= 0.3 is 0 Å². The minimum Gasteiger partial charge on any atom is -0.355 e. The molecule has 1 heterocycles. The first kappa shape index (κ1) is 22.6. The maximum Gasteiger partial charge on any atom is 0.230 e. The molecule has 3 heteroatoms. The molecule has 2 atom stereocenters. The van der Waals surface area contributed by atoms with Crippen LogP contribution < -0.4 is 5.32 Å². The molecule has 0 aromatic heterocycles. The van der Waals surface area contributed by atoms with Gasteiger partial charge in [0.25, 0.3) is 0 Å². The van der Waals surface area contributed by atoms with E-state index in [1.807, 2.05) is 18.2 Å². The number of hydrogen-bond acceptors (Lipinski definition) is 2. The Morgan fingerprint density at radius 1 is 0.893 bits per heavy atom. The van der Waals surface area contributed by atoms with Crippen molar-refractivity contribution in [1.82, 2.24) is 5.32 Å². The molecule has 0 spiro atoms. The van der Waals surface area contributed by atoms with Crippen LogP contribution in [-0.2, 0) is 16.0 Å². The number of amides is 1. The van der Waals surface area contributed by atoms with Crippen molar-refractivity contribution >= 4 is 11.7 Å². The molecule has 156 valence electrons. The Hall–Kier alpha value is -1.64. The van der Waals surface area contributed by atoms with E-state index in [0.29, 0.717) is 13.0 Å². The number of carbonyl (C=O) groups is 2. The van der Waals surface area contributed by atoms with Crippen LogP contribution in [0.2, 0.25) is 0 Å². The monoisotopic (exact) mass is 385 g/mol. The molecule has 1 fully saturated rings. The summed E-state index contributed by atoms with van der Waals surface area (Å²) in [7, 11) is 0. The fraction of sp³-hybridized carbons (Fsp3) is 0.680. The van der Waals surface area contributed by atoms with Gasteiger partial charge in [-0.2, -0.15) is 0 Å². The molecule has 0 saturated carbocycles. The highest BCUT2D eigenvalue weighted by Crippen LogP contribution is 2.25. The fourth-order valence-corrected chi connectivity index (χ4v) is 4.31. The molecule has 0 aliphatic carbocycles. The molecule has 1 aromatic rings. The summed E-state index contributed by atoms with van der Waals surface area (Å²) in [4.78, 5) is 24.8. The number of unbranched alkanes of at least 4 members (excludes halogenated alkanes) is 10. The molecule has 1 aliphatic rings. The molecule has 1 aromatic carbocycles. The normalized spacial score (nSPS) is 19.0. The van der Waals surface area contributed by atoms with Gasteiger partial charge in [0.05, 0.1) is 0 Å². The molecule has 1 amide bonds. The molecule has 3 nitrogen and oxygen atoms in total. The first-order valence-electron chi connectivity index (χ1n) is 11.6. The summed E-state index contributed by atoms with van der Waals surface area (Å²) in [5.74, 6) is -0.251. The summed E-state index contributed by atoms with van der Waals surface area (Å²) in [5, 5.41) is 2.90. The Kier molecular flexibility index (Phi) is 10.9. The molecule has 28 heavy (non-hydrogen) atoms. The Morgan fingerprint density at radius 2 is 1.46 bits per heavy atom. The van der Waals surface area contributed by atoms with Crippen LogP contribution in [0.25, 0.3) is 0 Å². The molecule has 1 aliphatic heterocycles. The lowest BCUT2D eigenvalue weighted by Crippen LogP contribution is -2.28. The van der Waals surface area contributed by atoms with Crippen LogP contribution in [0.15, 0.2) is 30.3 Å². The number of benzene rings is 1. The zero-order valence-electron chi connectivity index (χ0n) is 17.8. The molecule has 1 unspecified atom stereocenters. The van der Waals surface area contributed by atoms with Gasteiger partial charge in [0.15, 0.2) is 0 Å². The van der Waals surface area contributed by atoms with Crippen molar-refractivity contribution in [3.05, 3.63) is 35.9 Å². The second-order valence-electron chi connectivity index (χ2n) is 8.42. The fourth-order valence-electron chi connectivity index (χ4n) is 4.31. The summed E-state index contributed by atoms with van der Waals surface area (Å²) in [6.07, 6.45) is 15.4. The van der Waals surface area contributed by atoms with Crippen molar-refractivity contribution in [3.8, 4) is 0 Å². The molecule has 1 N–H and O–H groups in total. The van der Waals surface area contributed by atoms with Gasteiger partial charge in [0.2, 0.25) is 5.91 Å². The second kappa shape index (κ2) is 13.5. The zero-order chi connectivity index (χ0) is 20.0. The minimum absolute atomic E-state index is 0.0611. The van der Waals surface area contributed by atoms with Crippen molar-refractivity contribution in [2.75, 3.05) is 6.54 Å². The van der Waals surface area contributed by atoms with Gasteiger partial charge in [-0.15, -0.1) is 0 Å². The number of ketones is 1. The lowest BCUT2D eigenvalue weighted by Gasteiger charge is -2.16. The zero-order valence-corrected chi connectivity index (χ0v) is 17.8. The van der Waals surface area contributed by atoms with E-state index < -0.39 is 5.92 Å². The van der Waals surface area contributed by atoms with Crippen LogP contribution in [-0.4, -0.2) is 18.2 Å². The van der Waals surface area contributed by atoms with E-state index >= 15 is 0 Å².